The van der Waals surface area contributed by atoms with Crippen LogP contribution >= 0.6 is 0 Å². The largest absolute Gasteiger partial charge is 0.493 e. The molecule has 0 aliphatic carbocycles. The molecule has 0 bridgehead atoms. The first-order valence-corrected chi connectivity index (χ1v) is 10.8. The lowest BCUT2D eigenvalue weighted by molar-refractivity contribution is -0.123. The van der Waals surface area contributed by atoms with E-state index in [1.165, 1.54) is 11.1 Å². The van der Waals surface area contributed by atoms with Crippen molar-refractivity contribution in [1.82, 2.24) is 20.4 Å². The number of benzene rings is 1. The lowest BCUT2D eigenvalue weighted by atomic mass is 10.1. The van der Waals surface area contributed by atoms with Crippen molar-refractivity contribution >= 4 is 11.9 Å². The summed E-state index contributed by atoms with van der Waals surface area (Å²) in [5.41, 5.74) is 2.63. The maximum atomic E-state index is 12.0. The van der Waals surface area contributed by atoms with Gasteiger partial charge in [-0.25, -0.2) is 0 Å². The second-order valence-electron chi connectivity index (χ2n) is 8.01. The molecule has 0 aromatic heterocycles. The summed E-state index contributed by atoms with van der Waals surface area (Å²) in [6, 6.07) is 6.68. The van der Waals surface area contributed by atoms with Crippen molar-refractivity contribution < 1.29 is 9.53 Å². The molecular formula is C22H35N5O2. The number of ether oxygens (including phenoxy) is 1. The Balaban J connectivity index is 1.48. The molecule has 1 aromatic rings. The Labute approximate surface area is 174 Å². The Hall–Kier alpha value is -2.28. The topological polar surface area (TPSA) is 69.2 Å². The zero-order chi connectivity index (χ0) is 20.6. The van der Waals surface area contributed by atoms with Gasteiger partial charge in [0, 0.05) is 51.7 Å². The van der Waals surface area contributed by atoms with Gasteiger partial charge in [0.15, 0.2) is 5.96 Å². The Bertz CT molecular complexity index is 711. The van der Waals surface area contributed by atoms with Crippen LogP contribution in [0.1, 0.15) is 31.9 Å². The van der Waals surface area contributed by atoms with Gasteiger partial charge in [0.25, 0.3) is 0 Å². The second-order valence-corrected chi connectivity index (χ2v) is 8.01. The van der Waals surface area contributed by atoms with E-state index in [4.69, 9.17) is 9.73 Å². The second kappa shape index (κ2) is 10.5. The molecule has 1 saturated heterocycles. The van der Waals surface area contributed by atoms with E-state index in [2.05, 4.69) is 45.6 Å². The number of amides is 1. The van der Waals surface area contributed by atoms with E-state index in [0.717, 1.165) is 70.4 Å². The fraction of sp³-hybridized carbons (Fsp3) is 0.636. The molecule has 0 radical (unpaired) electrons. The number of guanidine groups is 1. The van der Waals surface area contributed by atoms with Gasteiger partial charge < -0.3 is 20.3 Å². The highest BCUT2D eigenvalue weighted by Gasteiger charge is 2.21. The molecule has 7 heteroatoms. The fourth-order valence-corrected chi connectivity index (χ4v) is 3.80. The lowest BCUT2D eigenvalue weighted by Gasteiger charge is -2.36. The predicted molar refractivity (Wildman–Crippen MR) is 117 cm³/mol. The first kappa shape index (κ1) is 21.4. The predicted octanol–water partition coefficient (Wildman–Crippen LogP) is 1.27. The van der Waals surface area contributed by atoms with Gasteiger partial charge in [-0.2, -0.15) is 0 Å². The summed E-state index contributed by atoms with van der Waals surface area (Å²) >= 11 is 0. The Morgan fingerprint density at radius 2 is 2.03 bits per heavy atom. The average Bonchev–Trinajstić information content (AvgIpc) is 3.15. The van der Waals surface area contributed by atoms with E-state index in [0.29, 0.717) is 6.54 Å². The summed E-state index contributed by atoms with van der Waals surface area (Å²) in [7, 11) is 0. The molecule has 0 saturated carbocycles. The zero-order valence-electron chi connectivity index (χ0n) is 18.0. The van der Waals surface area contributed by atoms with Gasteiger partial charge in [-0.1, -0.05) is 12.1 Å². The van der Waals surface area contributed by atoms with Crippen LogP contribution in [-0.2, 0) is 17.6 Å². The number of nitrogens with one attached hydrogen (secondary N) is 2. The number of nitrogens with zero attached hydrogens (tertiary/aromatic N) is 3. The van der Waals surface area contributed by atoms with Gasteiger partial charge in [-0.05, 0) is 44.4 Å². The van der Waals surface area contributed by atoms with Gasteiger partial charge in [0.2, 0.25) is 5.91 Å². The molecule has 2 aliphatic heterocycles. The van der Waals surface area contributed by atoms with Crippen molar-refractivity contribution in [2.75, 3.05) is 52.4 Å². The van der Waals surface area contributed by atoms with Crippen molar-refractivity contribution in [3.8, 4) is 5.75 Å². The van der Waals surface area contributed by atoms with Gasteiger partial charge in [0.05, 0.1) is 13.2 Å². The normalized spacial score (nSPS) is 17.2. The number of hydrogen-bond acceptors (Lipinski definition) is 4. The van der Waals surface area contributed by atoms with Gasteiger partial charge in [0.1, 0.15) is 5.75 Å². The zero-order valence-corrected chi connectivity index (χ0v) is 18.0. The molecule has 0 spiro atoms. The highest BCUT2D eigenvalue weighted by Crippen LogP contribution is 2.25. The average molecular weight is 402 g/mol. The summed E-state index contributed by atoms with van der Waals surface area (Å²) in [5.74, 6) is 2.11. The number of carbonyl (C=O) groups excluding carboxylic acids is 1. The number of piperazine rings is 1. The molecule has 3 rings (SSSR count). The molecule has 2 N–H and O–H groups in total. The van der Waals surface area contributed by atoms with E-state index in [1.54, 1.807) is 0 Å². The molecule has 2 aliphatic rings. The van der Waals surface area contributed by atoms with Crippen LogP contribution in [0.3, 0.4) is 0 Å². The molecule has 0 atom stereocenters. The molecular weight excluding hydrogens is 366 g/mol. The number of carbonyl (C=O) groups is 1. The summed E-state index contributed by atoms with van der Waals surface area (Å²) in [6.45, 7) is 12.5. The van der Waals surface area contributed by atoms with Gasteiger partial charge in [-0.3, -0.25) is 14.7 Å². The fourth-order valence-electron chi connectivity index (χ4n) is 3.80. The van der Waals surface area contributed by atoms with Crippen LogP contribution in [-0.4, -0.2) is 80.1 Å². The van der Waals surface area contributed by atoms with E-state index in [1.807, 2.05) is 13.8 Å². The van der Waals surface area contributed by atoms with Gasteiger partial charge >= 0.3 is 0 Å². The third-order valence-corrected chi connectivity index (χ3v) is 5.24. The first-order chi connectivity index (χ1) is 14.0. The van der Waals surface area contributed by atoms with E-state index in [9.17, 15) is 4.79 Å². The number of rotatable bonds is 7. The highest BCUT2D eigenvalue weighted by atomic mass is 16.5. The van der Waals surface area contributed by atoms with Crippen LogP contribution in [0, 0.1) is 0 Å². The summed E-state index contributed by atoms with van der Waals surface area (Å²) in [6.07, 6.45) is 1.94. The summed E-state index contributed by atoms with van der Waals surface area (Å²) < 4.78 is 5.59. The van der Waals surface area contributed by atoms with Crippen LogP contribution in [0.25, 0.3) is 0 Å². The Morgan fingerprint density at radius 3 is 2.76 bits per heavy atom. The quantitative estimate of drug-likeness (QED) is 0.532. The van der Waals surface area contributed by atoms with E-state index >= 15 is 0 Å². The smallest absolute Gasteiger partial charge is 0.234 e. The maximum Gasteiger partial charge on any atom is 0.234 e. The molecule has 1 fully saturated rings. The molecule has 2 heterocycles. The first-order valence-electron chi connectivity index (χ1n) is 10.8. The third-order valence-electron chi connectivity index (χ3n) is 5.24. The van der Waals surface area contributed by atoms with Crippen molar-refractivity contribution in [3.63, 3.8) is 0 Å². The Kier molecular flexibility index (Phi) is 7.75. The highest BCUT2D eigenvalue weighted by molar-refractivity contribution is 5.80. The lowest BCUT2D eigenvalue weighted by Crippen LogP contribution is -2.54. The minimum atomic E-state index is 0.105. The molecule has 1 amide bonds. The summed E-state index contributed by atoms with van der Waals surface area (Å²) in [5, 5.41) is 6.39. The van der Waals surface area contributed by atoms with E-state index in [-0.39, 0.29) is 11.9 Å². The Morgan fingerprint density at radius 1 is 1.24 bits per heavy atom. The van der Waals surface area contributed by atoms with E-state index < -0.39 is 0 Å². The van der Waals surface area contributed by atoms with Crippen molar-refractivity contribution in [1.29, 1.82) is 0 Å². The molecule has 29 heavy (non-hydrogen) atoms. The molecule has 160 valence electrons. The molecule has 1 aromatic carbocycles. The minimum absolute atomic E-state index is 0.105. The maximum absolute atomic E-state index is 12.0. The minimum Gasteiger partial charge on any atom is -0.493 e. The number of hydrogen-bond donors (Lipinski definition) is 2. The molecule has 7 nitrogen and oxygen atoms in total. The van der Waals surface area contributed by atoms with Gasteiger partial charge in [-0.15, -0.1) is 0 Å². The number of fused-ring (bicyclic) bond motifs is 1. The monoisotopic (exact) mass is 401 g/mol. The van der Waals surface area contributed by atoms with Crippen LogP contribution in [0.2, 0.25) is 0 Å². The van der Waals surface area contributed by atoms with Crippen LogP contribution in [0.4, 0.5) is 0 Å². The number of aliphatic imine (C=N–C) groups is 1. The van der Waals surface area contributed by atoms with Crippen molar-refractivity contribution in [3.05, 3.63) is 29.3 Å². The van der Waals surface area contributed by atoms with Crippen molar-refractivity contribution in [2.24, 2.45) is 4.99 Å². The molecule has 0 unspecified atom stereocenters. The van der Waals surface area contributed by atoms with Crippen molar-refractivity contribution in [2.45, 2.75) is 39.7 Å². The standard InChI is InChI=1S/C22H35N5O2/c1-4-23-22(24-9-7-18-5-6-20-19(15-18)8-14-29-20)27-12-10-26(11-13-27)16-21(28)25-17(2)3/h5-6,15,17H,4,7-14,16H2,1-3H3,(H,23,24)(H,25,28). The SMILES string of the molecule is CCNC(=NCCc1ccc2c(c1)CCO2)N1CCN(CC(=O)NC(C)C)CC1. The van der Waals surface area contributed by atoms with Crippen LogP contribution < -0.4 is 15.4 Å². The van der Waals surface area contributed by atoms with Crippen LogP contribution in [0.15, 0.2) is 23.2 Å². The third kappa shape index (κ3) is 6.35. The summed E-state index contributed by atoms with van der Waals surface area (Å²) in [4.78, 5) is 21.3. The van der Waals surface area contributed by atoms with Crippen LogP contribution in [0.5, 0.6) is 5.75 Å².